The van der Waals surface area contributed by atoms with E-state index >= 15 is 0 Å². The van der Waals surface area contributed by atoms with Gasteiger partial charge in [-0.25, -0.2) is 0 Å². The van der Waals surface area contributed by atoms with Crippen molar-refractivity contribution in [3.8, 4) is 16.9 Å². The van der Waals surface area contributed by atoms with Gasteiger partial charge in [-0.1, -0.05) is 34.1 Å². The van der Waals surface area contributed by atoms with Crippen molar-refractivity contribution in [1.29, 1.82) is 0 Å². The fraction of sp³-hybridized carbons (Fsp3) is 0. The number of non-ortho nitro benzene ring substituents is 1. The number of fused-ring (bicyclic) bond motifs is 1. The van der Waals surface area contributed by atoms with Gasteiger partial charge in [-0.05, 0) is 28.9 Å². The van der Waals surface area contributed by atoms with E-state index in [2.05, 4.69) is 10.4 Å². The first-order chi connectivity index (χ1) is 11.2. The Morgan fingerprint density at radius 3 is 2.52 bits per heavy atom. The number of nitro benzene ring substituents is 1. The van der Waals surface area contributed by atoms with E-state index in [-0.39, 0.29) is 5.69 Å². The van der Waals surface area contributed by atoms with Crippen LogP contribution in [0.2, 0.25) is 0 Å². The Hall–Kier alpha value is -3.13. The lowest BCUT2D eigenvalue weighted by Crippen LogP contribution is -2.23. The van der Waals surface area contributed by atoms with Crippen molar-refractivity contribution in [2.45, 2.75) is 0 Å². The molecule has 0 aliphatic rings. The average molecular weight is 324 g/mol. The number of aromatic nitrogens is 4. The lowest BCUT2D eigenvalue weighted by atomic mass is 10.1. The molecule has 0 bridgehead atoms. The predicted octanol–water partition coefficient (Wildman–Crippen LogP) is 2.64. The van der Waals surface area contributed by atoms with Gasteiger partial charge < -0.3 is 0 Å². The first kappa shape index (κ1) is 13.5. The smallest absolute Gasteiger partial charge is 0.258 e. The Labute approximate surface area is 134 Å². The summed E-state index contributed by atoms with van der Waals surface area (Å²) in [5, 5.41) is 21.1. The summed E-state index contributed by atoms with van der Waals surface area (Å²) < 4.78 is 3.50. The molecule has 4 aromatic rings. The fourth-order valence-corrected chi connectivity index (χ4v) is 3.26. The molecular weight excluding hydrogens is 314 g/mol. The lowest BCUT2D eigenvalue weighted by molar-refractivity contribution is -0.566. The summed E-state index contributed by atoms with van der Waals surface area (Å²) in [4.78, 5) is 11.2. The monoisotopic (exact) mass is 324 g/mol. The summed E-state index contributed by atoms with van der Waals surface area (Å²) in [6.45, 7) is 0. The summed E-state index contributed by atoms with van der Waals surface area (Å²) in [6.07, 6.45) is 0. The Bertz CT molecular complexity index is 992. The molecule has 0 radical (unpaired) electrons. The quantitative estimate of drug-likeness (QED) is 0.330. The molecule has 0 aliphatic carbocycles. The van der Waals surface area contributed by atoms with Crippen molar-refractivity contribution in [3.63, 3.8) is 0 Å². The van der Waals surface area contributed by atoms with Crippen LogP contribution < -0.4 is 4.52 Å². The maximum Gasteiger partial charge on any atom is 0.350 e. The maximum absolute atomic E-state index is 10.7. The minimum atomic E-state index is -0.411. The normalized spacial score (nSPS) is 11.0. The van der Waals surface area contributed by atoms with E-state index in [0.717, 1.165) is 21.9 Å². The van der Waals surface area contributed by atoms with Crippen LogP contribution in [0.5, 0.6) is 0 Å². The first-order valence-corrected chi connectivity index (χ1v) is 7.67. The topological polar surface area (TPSA) is 77.9 Å². The van der Waals surface area contributed by atoms with Gasteiger partial charge in [-0.2, -0.15) is 0 Å². The molecule has 112 valence electrons. The van der Waals surface area contributed by atoms with E-state index in [9.17, 15) is 10.1 Å². The third-order valence-electron chi connectivity index (χ3n) is 3.46. The molecule has 4 rings (SSSR count). The SMILES string of the molecule is O=[N+]([O-])c1ccc(-c2csc3n(-c4ccccc4)nn[n+]23)cc1. The zero-order valence-corrected chi connectivity index (χ0v) is 12.6. The Morgan fingerprint density at radius 2 is 1.83 bits per heavy atom. The number of nitro groups is 1. The van der Waals surface area contributed by atoms with Gasteiger partial charge in [0, 0.05) is 23.1 Å². The number of thiazole rings is 1. The highest BCUT2D eigenvalue weighted by atomic mass is 32.1. The zero-order valence-electron chi connectivity index (χ0n) is 11.7. The van der Waals surface area contributed by atoms with Crippen molar-refractivity contribution >= 4 is 22.0 Å². The van der Waals surface area contributed by atoms with E-state index in [4.69, 9.17) is 0 Å². The molecule has 0 fully saturated rings. The van der Waals surface area contributed by atoms with E-state index in [1.165, 1.54) is 23.5 Å². The van der Waals surface area contributed by atoms with Gasteiger partial charge in [0.25, 0.3) is 5.69 Å². The van der Waals surface area contributed by atoms with Crippen molar-refractivity contribution in [3.05, 3.63) is 70.1 Å². The second kappa shape index (κ2) is 5.25. The highest BCUT2D eigenvalue weighted by molar-refractivity contribution is 7.15. The highest BCUT2D eigenvalue weighted by Gasteiger charge is 2.22. The van der Waals surface area contributed by atoms with E-state index in [1.54, 1.807) is 21.3 Å². The van der Waals surface area contributed by atoms with Gasteiger partial charge in [0.15, 0.2) is 5.21 Å². The first-order valence-electron chi connectivity index (χ1n) is 6.79. The van der Waals surface area contributed by atoms with Crippen LogP contribution in [0.15, 0.2) is 60.0 Å². The predicted molar refractivity (Wildman–Crippen MR) is 84.5 cm³/mol. The van der Waals surface area contributed by atoms with E-state index in [0.29, 0.717) is 0 Å². The molecule has 0 aliphatic heterocycles. The van der Waals surface area contributed by atoms with Crippen molar-refractivity contribution < 1.29 is 9.44 Å². The van der Waals surface area contributed by atoms with Gasteiger partial charge in [-0.3, -0.25) is 10.1 Å². The third kappa shape index (κ3) is 2.25. The Balaban J connectivity index is 1.81. The molecule has 0 unspecified atom stereocenters. The number of hydrogen-bond acceptors (Lipinski definition) is 5. The molecule has 23 heavy (non-hydrogen) atoms. The van der Waals surface area contributed by atoms with Crippen LogP contribution in [0.25, 0.3) is 21.9 Å². The van der Waals surface area contributed by atoms with Crippen LogP contribution in [0.3, 0.4) is 0 Å². The number of rotatable bonds is 3. The lowest BCUT2D eigenvalue weighted by Gasteiger charge is -1.95. The summed E-state index contributed by atoms with van der Waals surface area (Å²) >= 11 is 1.51. The van der Waals surface area contributed by atoms with Gasteiger partial charge in [0.2, 0.25) is 0 Å². The number of hydrogen-bond donors (Lipinski definition) is 0. The van der Waals surface area contributed by atoms with Gasteiger partial charge >= 0.3 is 4.96 Å². The molecule has 0 atom stereocenters. The highest BCUT2D eigenvalue weighted by Crippen LogP contribution is 2.23. The molecule has 0 amide bonds. The van der Waals surface area contributed by atoms with Crippen LogP contribution in [0, 0.1) is 10.1 Å². The van der Waals surface area contributed by atoms with Crippen LogP contribution in [0.4, 0.5) is 5.69 Å². The van der Waals surface area contributed by atoms with Crippen LogP contribution in [0.1, 0.15) is 0 Å². The molecular formula is C15H10N5O2S+. The van der Waals surface area contributed by atoms with Gasteiger partial charge in [-0.15, -0.1) is 0 Å². The van der Waals surface area contributed by atoms with Crippen molar-refractivity contribution in [2.75, 3.05) is 0 Å². The second-order valence-electron chi connectivity index (χ2n) is 4.85. The number of nitrogens with zero attached hydrogens (tertiary/aromatic N) is 5. The average Bonchev–Trinajstić information content (AvgIpc) is 3.17. The van der Waals surface area contributed by atoms with Gasteiger partial charge in [0.05, 0.1) is 4.92 Å². The summed E-state index contributed by atoms with van der Waals surface area (Å²) in [6, 6.07) is 16.2. The molecule has 0 saturated heterocycles. The van der Waals surface area contributed by atoms with Gasteiger partial charge in [0.1, 0.15) is 16.6 Å². The molecule has 2 aromatic heterocycles. The summed E-state index contributed by atoms with van der Waals surface area (Å²) in [7, 11) is 0. The minimum Gasteiger partial charge on any atom is -0.258 e. The van der Waals surface area contributed by atoms with Crippen LogP contribution >= 0.6 is 11.3 Å². The number of tetrazole rings is 1. The Kier molecular flexibility index (Phi) is 3.09. The molecule has 2 aromatic carbocycles. The summed E-state index contributed by atoms with van der Waals surface area (Å²) in [5.41, 5.74) is 2.70. The third-order valence-corrected chi connectivity index (χ3v) is 4.36. The Morgan fingerprint density at radius 1 is 1.09 bits per heavy atom. The molecule has 0 saturated carbocycles. The summed E-state index contributed by atoms with van der Waals surface area (Å²) in [5.74, 6) is 0. The molecule has 2 heterocycles. The number of para-hydroxylation sites is 1. The molecule has 0 spiro atoms. The van der Waals surface area contributed by atoms with E-state index < -0.39 is 4.92 Å². The molecule has 7 nitrogen and oxygen atoms in total. The van der Waals surface area contributed by atoms with E-state index in [1.807, 2.05) is 35.7 Å². The van der Waals surface area contributed by atoms with Crippen molar-refractivity contribution in [1.82, 2.24) is 15.1 Å². The van der Waals surface area contributed by atoms with Crippen molar-refractivity contribution in [2.24, 2.45) is 0 Å². The second-order valence-corrected chi connectivity index (χ2v) is 5.68. The van der Waals surface area contributed by atoms with Crippen LogP contribution in [-0.4, -0.2) is 20.0 Å². The number of benzene rings is 2. The molecule has 0 N–H and O–H groups in total. The largest absolute Gasteiger partial charge is 0.350 e. The maximum atomic E-state index is 10.7. The zero-order chi connectivity index (χ0) is 15.8. The standard InChI is InChI=1S/C15H10N5O2S/c21-20(22)13-8-6-11(7-9-13)14-10-23-15-18(16-17-19(14)15)12-4-2-1-3-5-12/h1-10H/q+1. The van der Waals surface area contributed by atoms with Crippen LogP contribution in [-0.2, 0) is 0 Å². The fourth-order valence-electron chi connectivity index (χ4n) is 2.33. The minimum absolute atomic E-state index is 0.0677. The molecule has 8 heteroatoms.